The van der Waals surface area contributed by atoms with Crippen LogP contribution in [-0.2, 0) is 0 Å². The summed E-state index contributed by atoms with van der Waals surface area (Å²) in [6, 6.07) is 11.2. The molecule has 0 aliphatic heterocycles. The van der Waals surface area contributed by atoms with Crippen molar-refractivity contribution in [1.82, 2.24) is 4.98 Å². The van der Waals surface area contributed by atoms with E-state index in [-0.39, 0.29) is 10.7 Å². The van der Waals surface area contributed by atoms with Crippen LogP contribution in [0.3, 0.4) is 0 Å². The molecule has 3 rings (SSSR count). The molecule has 3 aromatic rings. The van der Waals surface area contributed by atoms with Gasteiger partial charge in [-0.15, -0.1) is 0 Å². The molecule has 1 aromatic heterocycles. The molecule has 0 fully saturated rings. The zero-order valence-electron chi connectivity index (χ0n) is 11.1. The predicted molar refractivity (Wildman–Crippen MR) is 80.1 cm³/mol. The van der Waals surface area contributed by atoms with Crippen molar-refractivity contribution in [3.05, 3.63) is 70.2 Å². The van der Waals surface area contributed by atoms with Gasteiger partial charge in [-0.25, -0.2) is 4.98 Å². The van der Waals surface area contributed by atoms with Gasteiger partial charge in [-0.2, -0.15) is 0 Å². The zero-order chi connectivity index (χ0) is 15.5. The number of nitro benzene ring substituents is 1. The lowest BCUT2D eigenvalue weighted by Gasteiger charge is -2.08. The third-order valence-corrected chi connectivity index (χ3v) is 3.20. The average molecular weight is 317 g/mol. The first-order valence-corrected chi connectivity index (χ1v) is 6.62. The van der Waals surface area contributed by atoms with Gasteiger partial charge < -0.3 is 9.15 Å². The van der Waals surface area contributed by atoms with E-state index < -0.39 is 4.92 Å². The lowest BCUT2D eigenvalue weighted by Crippen LogP contribution is -1.90. The first kappa shape index (κ1) is 14.1. The van der Waals surface area contributed by atoms with Crippen LogP contribution < -0.4 is 4.74 Å². The van der Waals surface area contributed by atoms with Gasteiger partial charge in [0.2, 0.25) is 0 Å². The molecule has 0 atom stereocenters. The van der Waals surface area contributed by atoms with E-state index in [1.165, 1.54) is 24.6 Å². The van der Waals surface area contributed by atoms with Crippen molar-refractivity contribution in [3.8, 4) is 22.8 Å². The quantitative estimate of drug-likeness (QED) is 0.515. The highest BCUT2D eigenvalue weighted by molar-refractivity contribution is 6.32. The highest BCUT2D eigenvalue weighted by Crippen LogP contribution is 2.33. The second-order valence-corrected chi connectivity index (χ2v) is 4.77. The molecule has 6 nitrogen and oxygen atoms in total. The molecule has 0 aliphatic carbocycles. The van der Waals surface area contributed by atoms with Crippen LogP contribution in [0.4, 0.5) is 5.69 Å². The fraction of sp³-hybridized carbons (Fsp3) is 0. The standard InChI is InChI=1S/C15H9ClN2O4/c16-13-7-11(18(19)20)4-5-14(13)22-12-3-1-2-10(6-12)15-8-17-9-21-15/h1-9H. The minimum atomic E-state index is -0.514. The molecule has 0 saturated carbocycles. The lowest BCUT2D eigenvalue weighted by atomic mass is 10.2. The third kappa shape index (κ3) is 2.91. The number of halogens is 1. The van der Waals surface area contributed by atoms with Crippen molar-refractivity contribution >= 4 is 17.3 Å². The summed E-state index contributed by atoms with van der Waals surface area (Å²) < 4.78 is 10.9. The molecule has 0 aliphatic rings. The Hall–Kier alpha value is -2.86. The van der Waals surface area contributed by atoms with Gasteiger partial charge in [-0.3, -0.25) is 10.1 Å². The summed E-state index contributed by atoms with van der Waals surface area (Å²) in [6.07, 6.45) is 2.94. The summed E-state index contributed by atoms with van der Waals surface area (Å²) in [5.41, 5.74) is 0.709. The van der Waals surface area contributed by atoms with Gasteiger partial charge in [0, 0.05) is 17.7 Å². The minimum Gasteiger partial charge on any atom is -0.456 e. The Morgan fingerprint density at radius 3 is 2.77 bits per heavy atom. The van der Waals surface area contributed by atoms with Gasteiger partial charge in [-0.05, 0) is 18.2 Å². The van der Waals surface area contributed by atoms with E-state index in [0.29, 0.717) is 17.3 Å². The monoisotopic (exact) mass is 316 g/mol. The number of ether oxygens (including phenoxy) is 1. The smallest absolute Gasteiger partial charge is 0.271 e. The lowest BCUT2D eigenvalue weighted by molar-refractivity contribution is -0.384. The summed E-state index contributed by atoms with van der Waals surface area (Å²) in [5.74, 6) is 1.48. The van der Waals surface area contributed by atoms with Gasteiger partial charge in [0.15, 0.2) is 12.2 Å². The molecule has 0 saturated heterocycles. The second kappa shape index (κ2) is 5.87. The molecule has 0 bridgehead atoms. The highest BCUT2D eigenvalue weighted by atomic mass is 35.5. The number of oxazole rings is 1. The Bertz CT molecular complexity index is 818. The number of aromatic nitrogens is 1. The highest BCUT2D eigenvalue weighted by Gasteiger charge is 2.11. The molecular formula is C15H9ClN2O4. The summed E-state index contributed by atoms with van der Waals surface area (Å²) >= 11 is 6.00. The molecule has 22 heavy (non-hydrogen) atoms. The number of nitro groups is 1. The Morgan fingerprint density at radius 2 is 2.09 bits per heavy atom. The van der Waals surface area contributed by atoms with Gasteiger partial charge in [0.1, 0.15) is 11.5 Å². The molecule has 7 heteroatoms. The Morgan fingerprint density at radius 1 is 1.23 bits per heavy atom. The largest absolute Gasteiger partial charge is 0.456 e. The first-order chi connectivity index (χ1) is 10.6. The molecule has 0 radical (unpaired) electrons. The Kier molecular flexibility index (Phi) is 3.76. The van der Waals surface area contributed by atoms with Crippen molar-refractivity contribution in [2.75, 3.05) is 0 Å². The molecule has 0 spiro atoms. The maximum atomic E-state index is 10.7. The summed E-state index contributed by atoms with van der Waals surface area (Å²) in [5, 5.41) is 10.9. The van der Waals surface area contributed by atoms with E-state index in [0.717, 1.165) is 5.56 Å². The van der Waals surface area contributed by atoms with Gasteiger partial charge in [-0.1, -0.05) is 23.7 Å². The number of benzene rings is 2. The van der Waals surface area contributed by atoms with Crippen LogP contribution in [0.2, 0.25) is 5.02 Å². The Balaban J connectivity index is 1.87. The summed E-state index contributed by atoms with van der Waals surface area (Å²) in [7, 11) is 0. The zero-order valence-corrected chi connectivity index (χ0v) is 11.9. The maximum absolute atomic E-state index is 10.7. The molecule has 0 unspecified atom stereocenters. The Labute approximate surface area is 130 Å². The number of hydrogen-bond donors (Lipinski definition) is 0. The number of non-ortho nitro benzene ring substituents is 1. The van der Waals surface area contributed by atoms with Crippen LogP contribution in [0, 0.1) is 10.1 Å². The van der Waals surface area contributed by atoms with Crippen molar-refractivity contribution in [1.29, 1.82) is 0 Å². The van der Waals surface area contributed by atoms with Crippen molar-refractivity contribution in [2.24, 2.45) is 0 Å². The number of nitrogens with zero attached hydrogens (tertiary/aromatic N) is 2. The topological polar surface area (TPSA) is 78.4 Å². The van der Waals surface area contributed by atoms with E-state index in [1.807, 2.05) is 6.07 Å². The maximum Gasteiger partial charge on any atom is 0.271 e. The van der Waals surface area contributed by atoms with E-state index in [4.69, 9.17) is 20.8 Å². The van der Waals surface area contributed by atoms with E-state index >= 15 is 0 Å². The van der Waals surface area contributed by atoms with Crippen LogP contribution in [0.25, 0.3) is 11.3 Å². The molecule has 0 N–H and O–H groups in total. The first-order valence-electron chi connectivity index (χ1n) is 6.24. The van der Waals surface area contributed by atoms with Gasteiger partial charge in [0.25, 0.3) is 5.69 Å². The molecular weight excluding hydrogens is 308 g/mol. The second-order valence-electron chi connectivity index (χ2n) is 4.37. The molecule has 1 heterocycles. The van der Waals surface area contributed by atoms with Crippen molar-refractivity contribution in [2.45, 2.75) is 0 Å². The SMILES string of the molecule is O=[N+]([O-])c1ccc(Oc2cccc(-c3cnco3)c2)c(Cl)c1. The fourth-order valence-electron chi connectivity index (χ4n) is 1.88. The molecule has 0 amide bonds. The summed E-state index contributed by atoms with van der Waals surface area (Å²) in [4.78, 5) is 14.0. The van der Waals surface area contributed by atoms with Gasteiger partial charge >= 0.3 is 0 Å². The van der Waals surface area contributed by atoms with Crippen LogP contribution in [0.5, 0.6) is 11.5 Å². The molecule has 2 aromatic carbocycles. The minimum absolute atomic E-state index is 0.0900. The van der Waals surface area contributed by atoms with Crippen LogP contribution in [0.15, 0.2) is 59.5 Å². The van der Waals surface area contributed by atoms with E-state index in [2.05, 4.69) is 4.98 Å². The van der Waals surface area contributed by atoms with Gasteiger partial charge in [0.05, 0.1) is 16.1 Å². The average Bonchev–Trinajstić information content (AvgIpc) is 3.04. The van der Waals surface area contributed by atoms with Crippen LogP contribution in [0.1, 0.15) is 0 Å². The van der Waals surface area contributed by atoms with Crippen molar-refractivity contribution in [3.63, 3.8) is 0 Å². The van der Waals surface area contributed by atoms with Crippen LogP contribution >= 0.6 is 11.6 Å². The predicted octanol–water partition coefficient (Wildman–Crippen LogP) is 4.70. The van der Waals surface area contributed by atoms with E-state index in [1.54, 1.807) is 24.4 Å². The van der Waals surface area contributed by atoms with Crippen molar-refractivity contribution < 1.29 is 14.1 Å². The summed E-state index contributed by atoms with van der Waals surface area (Å²) in [6.45, 7) is 0. The van der Waals surface area contributed by atoms with Crippen LogP contribution in [-0.4, -0.2) is 9.91 Å². The third-order valence-electron chi connectivity index (χ3n) is 2.90. The van der Waals surface area contributed by atoms with E-state index in [9.17, 15) is 10.1 Å². The number of hydrogen-bond acceptors (Lipinski definition) is 5. The fourth-order valence-corrected chi connectivity index (χ4v) is 2.10. The normalized spacial score (nSPS) is 10.4. The number of rotatable bonds is 4. The molecule has 110 valence electrons.